The van der Waals surface area contributed by atoms with Crippen molar-refractivity contribution < 1.29 is 9.59 Å². The Bertz CT molecular complexity index is 701. The molecule has 0 aliphatic heterocycles. The van der Waals surface area contributed by atoms with Crippen molar-refractivity contribution in [2.75, 3.05) is 13.1 Å². The van der Waals surface area contributed by atoms with E-state index in [1.165, 1.54) is 0 Å². The van der Waals surface area contributed by atoms with Crippen LogP contribution in [0.1, 0.15) is 16.8 Å². The zero-order chi connectivity index (χ0) is 15.1. The van der Waals surface area contributed by atoms with Gasteiger partial charge in [-0.3, -0.25) is 9.59 Å². The normalized spacial score (nSPS) is 9.86. The summed E-state index contributed by atoms with van der Waals surface area (Å²) in [6.45, 7) is 0.486. The van der Waals surface area contributed by atoms with E-state index in [9.17, 15) is 9.59 Å². The van der Waals surface area contributed by atoms with Crippen molar-refractivity contribution >= 4 is 22.6 Å². The molecule has 2 aromatic carbocycles. The van der Waals surface area contributed by atoms with E-state index in [1.54, 1.807) is 6.07 Å². The summed E-state index contributed by atoms with van der Waals surface area (Å²) < 4.78 is 0. The molecule has 0 aromatic heterocycles. The van der Waals surface area contributed by atoms with Gasteiger partial charge in [0.15, 0.2) is 0 Å². The van der Waals surface area contributed by atoms with Gasteiger partial charge in [0, 0.05) is 18.5 Å². The zero-order valence-electron chi connectivity index (χ0n) is 11.6. The van der Waals surface area contributed by atoms with E-state index in [-0.39, 0.29) is 31.3 Å². The first-order valence-corrected chi connectivity index (χ1v) is 6.68. The highest BCUT2D eigenvalue weighted by molar-refractivity contribution is 5.98. The first kappa shape index (κ1) is 14.6. The number of carbonyl (C=O) groups excluding carboxylic acids is 2. The van der Waals surface area contributed by atoms with Crippen LogP contribution in [0, 0.1) is 12.3 Å². The quantitative estimate of drug-likeness (QED) is 0.819. The minimum Gasteiger partial charge on any atom is -0.352 e. The molecule has 0 fully saturated rings. The fourth-order valence-electron chi connectivity index (χ4n) is 1.96. The number of hydrogen-bond acceptors (Lipinski definition) is 2. The highest BCUT2D eigenvalue weighted by atomic mass is 16.2. The highest BCUT2D eigenvalue weighted by Gasteiger charge is 2.07. The lowest BCUT2D eigenvalue weighted by Crippen LogP contribution is -2.30. The second-order valence-corrected chi connectivity index (χ2v) is 4.55. The SMILES string of the molecule is C#CCNC(=O)CCNC(=O)c1ccc2ccccc2c1. The van der Waals surface area contributed by atoms with E-state index >= 15 is 0 Å². The lowest BCUT2D eigenvalue weighted by atomic mass is 10.1. The van der Waals surface area contributed by atoms with Crippen LogP contribution in [-0.2, 0) is 4.79 Å². The average molecular weight is 280 g/mol. The van der Waals surface area contributed by atoms with Gasteiger partial charge in [-0.05, 0) is 22.9 Å². The topological polar surface area (TPSA) is 58.2 Å². The predicted molar refractivity (Wildman–Crippen MR) is 82.7 cm³/mol. The molecule has 0 aliphatic rings. The molecule has 2 aromatic rings. The van der Waals surface area contributed by atoms with Gasteiger partial charge in [-0.25, -0.2) is 0 Å². The van der Waals surface area contributed by atoms with Crippen LogP contribution in [0.5, 0.6) is 0 Å². The maximum atomic E-state index is 12.0. The molecule has 0 radical (unpaired) electrons. The Morgan fingerprint density at radius 1 is 1.05 bits per heavy atom. The van der Waals surface area contributed by atoms with Gasteiger partial charge < -0.3 is 10.6 Å². The van der Waals surface area contributed by atoms with Crippen molar-refractivity contribution in [1.82, 2.24) is 10.6 Å². The van der Waals surface area contributed by atoms with Crippen LogP contribution in [0.4, 0.5) is 0 Å². The second kappa shape index (κ2) is 7.11. The summed E-state index contributed by atoms with van der Waals surface area (Å²) in [5, 5.41) is 7.36. The monoisotopic (exact) mass is 280 g/mol. The lowest BCUT2D eigenvalue weighted by molar-refractivity contribution is -0.120. The van der Waals surface area contributed by atoms with Crippen LogP contribution in [0.15, 0.2) is 42.5 Å². The number of nitrogens with one attached hydrogen (secondary N) is 2. The van der Waals surface area contributed by atoms with E-state index < -0.39 is 0 Å². The standard InChI is InChI=1S/C17H16N2O2/c1-2-10-18-16(20)9-11-19-17(21)15-8-7-13-5-3-4-6-14(13)12-15/h1,3-8,12H,9-11H2,(H,18,20)(H,19,21). The molecule has 0 spiro atoms. The summed E-state index contributed by atoms with van der Waals surface area (Å²) >= 11 is 0. The van der Waals surface area contributed by atoms with E-state index in [0.717, 1.165) is 10.8 Å². The van der Waals surface area contributed by atoms with Gasteiger partial charge in [-0.2, -0.15) is 0 Å². The average Bonchev–Trinajstić information content (AvgIpc) is 2.52. The van der Waals surface area contributed by atoms with Gasteiger partial charge in [0.25, 0.3) is 5.91 Å². The summed E-state index contributed by atoms with van der Waals surface area (Å²) in [5.74, 6) is 1.96. The number of fused-ring (bicyclic) bond motifs is 1. The Hall–Kier alpha value is -2.80. The van der Waals surface area contributed by atoms with Crippen LogP contribution in [0.3, 0.4) is 0 Å². The molecule has 106 valence electrons. The van der Waals surface area contributed by atoms with Crippen LogP contribution in [-0.4, -0.2) is 24.9 Å². The third-order valence-corrected chi connectivity index (χ3v) is 3.04. The van der Waals surface area contributed by atoms with Gasteiger partial charge in [0.2, 0.25) is 5.91 Å². The third kappa shape index (κ3) is 4.08. The Balaban J connectivity index is 1.90. The van der Waals surface area contributed by atoms with E-state index in [0.29, 0.717) is 5.56 Å². The van der Waals surface area contributed by atoms with E-state index in [4.69, 9.17) is 6.42 Å². The Morgan fingerprint density at radius 2 is 1.81 bits per heavy atom. The molecule has 0 saturated carbocycles. The van der Waals surface area contributed by atoms with Gasteiger partial charge in [-0.1, -0.05) is 36.3 Å². The maximum absolute atomic E-state index is 12.0. The van der Waals surface area contributed by atoms with Gasteiger partial charge in [0.1, 0.15) is 0 Å². The molecular weight excluding hydrogens is 264 g/mol. The number of hydrogen-bond donors (Lipinski definition) is 2. The minimum absolute atomic E-state index is 0.174. The Morgan fingerprint density at radius 3 is 2.57 bits per heavy atom. The first-order valence-electron chi connectivity index (χ1n) is 6.68. The summed E-state index contributed by atoms with van der Waals surface area (Å²) in [7, 11) is 0. The van der Waals surface area contributed by atoms with Crippen molar-refractivity contribution in [2.45, 2.75) is 6.42 Å². The zero-order valence-corrected chi connectivity index (χ0v) is 11.6. The second-order valence-electron chi connectivity index (χ2n) is 4.55. The lowest BCUT2D eigenvalue weighted by Gasteiger charge is -2.06. The van der Waals surface area contributed by atoms with Gasteiger partial charge in [-0.15, -0.1) is 6.42 Å². The number of rotatable bonds is 5. The van der Waals surface area contributed by atoms with Gasteiger partial charge >= 0.3 is 0 Å². The minimum atomic E-state index is -0.189. The third-order valence-electron chi connectivity index (χ3n) is 3.04. The largest absolute Gasteiger partial charge is 0.352 e. The molecule has 2 amide bonds. The van der Waals surface area contributed by atoms with Crippen LogP contribution in [0.25, 0.3) is 10.8 Å². The molecule has 2 N–H and O–H groups in total. The molecule has 0 saturated heterocycles. The molecule has 2 rings (SSSR count). The molecular formula is C17H16N2O2. The summed E-state index contributed by atoms with van der Waals surface area (Å²) in [4.78, 5) is 23.3. The smallest absolute Gasteiger partial charge is 0.251 e. The highest BCUT2D eigenvalue weighted by Crippen LogP contribution is 2.15. The molecule has 4 nitrogen and oxygen atoms in total. The maximum Gasteiger partial charge on any atom is 0.251 e. The molecule has 4 heteroatoms. The summed E-state index contributed by atoms with van der Waals surface area (Å²) in [6.07, 6.45) is 5.25. The molecule has 0 bridgehead atoms. The van der Waals surface area contributed by atoms with Crippen molar-refractivity contribution in [3.8, 4) is 12.3 Å². The summed E-state index contributed by atoms with van der Waals surface area (Å²) in [6, 6.07) is 13.4. The van der Waals surface area contributed by atoms with Crippen LogP contribution < -0.4 is 10.6 Å². The van der Waals surface area contributed by atoms with E-state index in [2.05, 4.69) is 16.6 Å². The molecule has 0 unspecified atom stereocenters. The number of terminal acetylenes is 1. The van der Waals surface area contributed by atoms with Crippen LogP contribution in [0.2, 0.25) is 0 Å². The van der Waals surface area contributed by atoms with Gasteiger partial charge in [0.05, 0.1) is 6.54 Å². The van der Waals surface area contributed by atoms with Crippen molar-refractivity contribution in [3.63, 3.8) is 0 Å². The molecule has 0 aliphatic carbocycles. The Labute approximate surface area is 123 Å². The van der Waals surface area contributed by atoms with E-state index in [1.807, 2.05) is 36.4 Å². The Kier molecular flexibility index (Phi) is 4.94. The van der Waals surface area contributed by atoms with Crippen molar-refractivity contribution in [2.24, 2.45) is 0 Å². The van der Waals surface area contributed by atoms with Crippen molar-refractivity contribution in [1.29, 1.82) is 0 Å². The number of benzene rings is 2. The number of amides is 2. The van der Waals surface area contributed by atoms with Crippen molar-refractivity contribution in [3.05, 3.63) is 48.0 Å². The molecule has 0 atom stereocenters. The summed E-state index contributed by atoms with van der Waals surface area (Å²) in [5.41, 5.74) is 0.581. The molecule has 0 heterocycles. The predicted octanol–water partition coefficient (Wildman–Crippen LogP) is 1.71. The van der Waals surface area contributed by atoms with Crippen LogP contribution >= 0.6 is 0 Å². The number of carbonyl (C=O) groups is 2. The first-order chi connectivity index (χ1) is 10.2. The molecule has 21 heavy (non-hydrogen) atoms. The fraction of sp³-hybridized carbons (Fsp3) is 0.176. The fourth-order valence-corrected chi connectivity index (χ4v) is 1.96.